The molecule has 2 aliphatic heterocycles. The minimum absolute atomic E-state index is 0.105. The number of ether oxygens (including phenoxy) is 1. The molecule has 3 nitrogen and oxygen atoms in total. The van der Waals surface area contributed by atoms with Crippen LogP contribution in [0, 0.1) is 0 Å². The Morgan fingerprint density at radius 3 is 2.73 bits per heavy atom. The lowest BCUT2D eigenvalue weighted by molar-refractivity contribution is 0.198. The molecule has 0 bridgehead atoms. The number of benzene rings is 1. The van der Waals surface area contributed by atoms with Crippen LogP contribution in [0.2, 0.25) is 0 Å². The Kier molecular flexibility index (Phi) is 1.71. The molecule has 15 heavy (non-hydrogen) atoms. The predicted molar refractivity (Wildman–Crippen MR) is 56.8 cm³/mol. The van der Waals surface area contributed by atoms with Crippen molar-refractivity contribution in [2.45, 2.75) is 13.0 Å². The average molecular weight is 198 g/mol. The third-order valence-corrected chi connectivity index (χ3v) is 2.45. The van der Waals surface area contributed by atoms with E-state index in [2.05, 4.69) is 10.2 Å². The topological polar surface area (TPSA) is 34.0 Å². The second-order valence-electron chi connectivity index (χ2n) is 3.62. The summed E-state index contributed by atoms with van der Waals surface area (Å²) in [5.74, 6) is 0.814. The lowest BCUT2D eigenvalue weighted by Gasteiger charge is -2.05. The monoisotopic (exact) mass is 198 g/mol. The average Bonchev–Trinajstić information content (AvgIpc) is 2.77. The Balaban J connectivity index is 2.09. The van der Waals surface area contributed by atoms with Crippen LogP contribution in [0.1, 0.15) is 12.5 Å². The summed E-state index contributed by atoms with van der Waals surface area (Å²) in [6.45, 7) is 2.00. The molecule has 0 aliphatic carbocycles. The van der Waals surface area contributed by atoms with E-state index in [4.69, 9.17) is 4.74 Å². The first kappa shape index (κ1) is 8.41. The van der Waals surface area contributed by atoms with Crippen molar-refractivity contribution in [2.24, 2.45) is 10.2 Å². The fourth-order valence-corrected chi connectivity index (χ4v) is 1.77. The quantitative estimate of drug-likeness (QED) is 0.682. The van der Waals surface area contributed by atoms with Gasteiger partial charge in [-0.25, -0.2) is 0 Å². The third-order valence-electron chi connectivity index (χ3n) is 2.45. The minimum atomic E-state index is 0.105. The number of fused-ring (bicyclic) bond motifs is 1. The van der Waals surface area contributed by atoms with Crippen molar-refractivity contribution in [3.63, 3.8) is 0 Å². The minimum Gasteiger partial charge on any atom is -0.482 e. The third kappa shape index (κ3) is 1.28. The summed E-state index contributed by atoms with van der Waals surface area (Å²) in [7, 11) is 0. The van der Waals surface area contributed by atoms with Crippen LogP contribution in [0.4, 0.5) is 0 Å². The molecule has 1 aromatic rings. The normalized spacial score (nSPS) is 22.7. The summed E-state index contributed by atoms with van der Waals surface area (Å²) >= 11 is 0. The molecule has 1 unspecified atom stereocenters. The molecule has 1 atom stereocenters. The van der Waals surface area contributed by atoms with Crippen molar-refractivity contribution < 1.29 is 4.74 Å². The molecule has 0 saturated heterocycles. The molecular formula is C12H10N2O. The van der Waals surface area contributed by atoms with E-state index in [0.29, 0.717) is 0 Å². The van der Waals surface area contributed by atoms with Gasteiger partial charge in [-0.15, -0.1) is 10.2 Å². The number of azo groups is 1. The Morgan fingerprint density at radius 1 is 1.13 bits per heavy atom. The highest BCUT2D eigenvalue weighted by molar-refractivity contribution is 5.72. The Morgan fingerprint density at radius 2 is 1.93 bits per heavy atom. The SMILES string of the molecule is CC1C=C2N=NC(c3ccccc3)=C2O1. The van der Waals surface area contributed by atoms with Gasteiger partial charge in [0.25, 0.3) is 0 Å². The van der Waals surface area contributed by atoms with E-state index in [9.17, 15) is 0 Å². The standard InChI is InChI=1S/C12H10N2O/c1-8-7-10-12(15-8)11(14-13-10)9-5-3-2-4-6-9/h2-8H,1H3. The van der Waals surface area contributed by atoms with Gasteiger partial charge in [-0.2, -0.15) is 0 Å². The van der Waals surface area contributed by atoms with Crippen LogP contribution >= 0.6 is 0 Å². The second-order valence-corrected chi connectivity index (χ2v) is 3.62. The molecule has 0 aromatic heterocycles. The Hall–Kier alpha value is -1.90. The van der Waals surface area contributed by atoms with Crippen LogP contribution in [0.3, 0.4) is 0 Å². The zero-order chi connectivity index (χ0) is 10.3. The van der Waals surface area contributed by atoms with E-state index in [1.807, 2.05) is 43.3 Å². The molecule has 1 aromatic carbocycles. The van der Waals surface area contributed by atoms with Gasteiger partial charge in [0.15, 0.2) is 5.76 Å². The van der Waals surface area contributed by atoms with E-state index < -0.39 is 0 Å². The van der Waals surface area contributed by atoms with Crippen molar-refractivity contribution in [2.75, 3.05) is 0 Å². The van der Waals surface area contributed by atoms with Gasteiger partial charge in [0, 0.05) is 5.56 Å². The first-order valence-corrected chi connectivity index (χ1v) is 4.95. The second kappa shape index (κ2) is 3.05. The highest BCUT2D eigenvalue weighted by Crippen LogP contribution is 2.37. The predicted octanol–water partition coefficient (Wildman–Crippen LogP) is 3.12. The summed E-state index contributed by atoms with van der Waals surface area (Å²) in [4.78, 5) is 0. The zero-order valence-electron chi connectivity index (χ0n) is 8.34. The zero-order valence-corrected chi connectivity index (χ0v) is 8.34. The fraction of sp³-hybridized carbons (Fsp3) is 0.167. The number of hydrogen-bond acceptors (Lipinski definition) is 3. The van der Waals surface area contributed by atoms with Crippen LogP contribution in [0.25, 0.3) is 5.70 Å². The highest BCUT2D eigenvalue weighted by atomic mass is 16.5. The van der Waals surface area contributed by atoms with E-state index in [-0.39, 0.29) is 6.10 Å². The van der Waals surface area contributed by atoms with Gasteiger partial charge < -0.3 is 4.74 Å². The molecule has 0 spiro atoms. The van der Waals surface area contributed by atoms with Gasteiger partial charge in [-0.3, -0.25) is 0 Å². The number of nitrogens with zero attached hydrogens (tertiary/aromatic N) is 2. The van der Waals surface area contributed by atoms with Crippen molar-refractivity contribution in [3.8, 4) is 0 Å². The van der Waals surface area contributed by atoms with E-state index >= 15 is 0 Å². The summed E-state index contributed by atoms with van der Waals surface area (Å²) in [6, 6.07) is 9.97. The molecule has 74 valence electrons. The molecule has 0 fully saturated rings. The molecule has 0 saturated carbocycles. The van der Waals surface area contributed by atoms with Gasteiger partial charge in [0.1, 0.15) is 17.5 Å². The van der Waals surface area contributed by atoms with Crippen molar-refractivity contribution >= 4 is 5.70 Å². The van der Waals surface area contributed by atoms with Gasteiger partial charge in [-0.1, -0.05) is 30.3 Å². The van der Waals surface area contributed by atoms with Crippen LogP contribution in [0.5, 0.6) is 0 Å². The van der Waals surface area contributed by atoms with Gasteiger partial charge in [0.05, 0.1) is 0 Å². The maximum atomic E-state index is 5.65. The molecule has 0 N–H and O–H groups in total. The molecule has 0 amide bonds. The molecule has 3 rings (SSSR count). The van der Waals surface area contributed by atoms with E-state index in [1.54, 1.807) is 0 Å². The maximum absolute atomic E-state index is 5.65. The van der Waals surface area contributed by atoms with Crippen LogP contribution in [-0.4, -0.2) is 6.10 Å². The lowest BCUT2D eigenvalue weighted by Crippen LogP contribution is -1.96. The molecule has 3 heteroatoms. The smallest absolute Gasteiger partial charge is 0.175 e. The molecular weight excluding hydrogens is 188 g/mol. The molecule has 2 heterocycles. The summed E-state index contributed by atoms with van der Waals surface area (Å²) in [5.41, 5.74) is 2.75. The van der Waals surface area contributed by atoms with E-state index in [0.717, 1.165) is 22.7 Å². The first-order chi connectivity index (χ1) is 7.34. The van der Waals surface area contributed by atoms with Crippen LogP contribution < -0.4 is 0 Å². The largest absolute Gasteiger partial charge is 0.482 e. The van der Waals surface area contributed by atoms with Crippen molar-refractivity contribution in [1.82, 2.24) is 0 Å². The van der Waals surface area contributed by atoms with Crippen molar-refractivity contribution in [1.29, 1.82) is 0 Å². The van der Waals surface area contributed by atoms with Gasteiger partial charge >= 0.3 is 0 Å². The van der Waals surface area contributed by atoms with Gasteiger partial charge in [0.2, 0.25) is 0 Å². The summed E-state index contributed by atoms with van der Waals surface area (Å²) in [5, 5.41) is 8.23. The Bertz CT molecular complexity index is 486. The fourth-order valence-electron chi connectivity index (χ4n) is 1.77. The Labute approximate surface area is 87.8 Å². The number of hydrogen-bond donors (Lipinski definition) is 0. The molecule has 0 radical (unpaired) electrons. The van der Waals surface area contributed by atoms with Crippen LogP contribution in [0.15, 0.2) is 58.1 Å². The van der Waals surface area contributed by atoms with Crippen LogP contribution in [-0.2, 0) is 4.74 Å². The summed E-state index contributed by atoms with van der Waals surface area (Å²) < 4.78 is 5.65. The van der Waals surface area contributed by atoms with E-state index in [1.165, 1.54) is 0 Å². The van der Waals surface area contributed by atoms with Crippen molar-refractivity contribution in [3.05, 3.63) is 53.4 Å². The first-order valence-electron chi connectivity index (χ1n) is 4.95. The van der Waals surface area contributed by atoms with Gasteiger partial charge in [-0.05, 0) is 13.0 Å². The lowest BCUT2D eigenvalue weighted by atomic mass is 10.1. The maximum Gasteiger partial charge on any atom is 0.175 e. The highest BCUT2D eigenvalue weighted by Gasteiger charge is 2.27. The summed E-state index contributed by atoms with van der Waals surface area (Å²) in [6.07, 6.45) is 2.09. The number of rotatable bonds is 1. The molecule has 2 aliphatic rings.